The summed E-state index contributed by atoms with van der Waals surface area (Å²) in [4.78, 5) is 14.0. The van der Waals surface area contributed by atoms with Gasteiger partial charge in [-0.2, -0.15) is 5.26 Å². The number of nitriles is 1. The van der Waals surface area contributed by atoms with Gasteiger partial charge in [0, 0.05) is 25.0 Å². The molecule has 5 heteroatoms. The van der Waals surface area contributed by atoms with E-state index in [1.807, 2.05) is 20.8 Å². The number of hydrogen-bond acceptors (Lipinski definition) is 4. The predicted octanol–water partition coefficient (Wildman–Crippen LogP) is 2.67. The quantitative estimate of drug-likeness (QED) is 0.860. The predicted molar refractivity (Wildman–Crippen MR) is 78.3 cm³/mol. The van der Waals surface area contributed by atoms with E-state index in [4.69, 9.17) is 10.00 Å². The van der Waals surface area contributed by atoms with E-state index in [-0.39, 0.29) is 12.1 Å². The Labute approximate surface area is 122 Å². The number of rotatable bonds is 4. The molecule has 0 unspecified atom stereocenters. The summed E-state index contributed by atoms with van der Waals surface area (Å²) in [6.45, 7) is 6.43. The van der Waals surface area contributed by atoms with Gasteiger partial charge in [0.15, 0.2) is 0 Å². The first-order valence-electron chi connectivity index (χ1n) is 7.38. The number of amides is 1. The molecule has 0 bridgehead atoms. The van der Waals surface area contributed by atoms with Crippen LogP contribution in [-0.2, 0) is 4.74 Å². The van der Waals surface area contributed by atoms with Crippen molar-refractivity contribution in [3.8, 4) is 6.07 Å². The molecule has 0 aromatic carbocycles. The zero-order chi connectivity index (χ0) is 15.2. The van der Waals surface area contributed by atoms with Crippen molar-refractivity contribution in [2.24, 2.45) is 0 Å². The number of hydrogen-bond donors (Lipinski definition) is 1. The monoisotopic (exact) mass is 281 g/mol. The van der Waals surface area contributed by atoms with E-state index in [1.165, 1.54) is 0 Å². The van der Waals surface area contributed by atoms with Crippen LogP contribution in [0.4, 0.5) is 4.79 Å². The molecular weight excluding hydrogens is 254 g/mol. The smallest absolute Gasteiger partial charge is 0.407 e. The highest BCUT2D eigenvalue weighted by atomic mass is 16.6. The van der Waals surface area contributed by atoms with Crippen molar-refractivity contribution in [3.63, 3.8) is 0 Å². The molecular formula is C15H27N3O2. The summed E-state index contributed by atoms with van der Waals surface area (Å²) in [6.07, 6.45) is 4.32. The molecule has 0 saturated heterocycles. The first-order chi connectivity index (χ1) is 9.31. The first kappa shape index (κ1) is 16.8. The summed E-state index contributed by atoms with van der Waals surface area (Å²) in [6, 6.07) is 2.92. The fourth-order valence-electron chi connectivity index (χ4n) is 2.54. The normalized spacial score (nSPS) is 23.2. The van der Waals surface area contributed by atoms with Gasteiger partial charge in [0.25, 0.3) is 0 Å². The molecule has 0 aromatic heterocycles. The number of alkyl carbamates (subject to hydrolysis) is 1. The molecule has 114 valence electrons. The number of nitrogens with one attached hydrogen (secondary N) is 1. The largest absolute Gasteiger partial charge is 0.444 e. The van der Waals surface area contributed by atoms with Gasteiger partial charge < -0.3 is 15.0 Å². The van der Waals surface area contributed by atoms with Crippen LogP contribution in [0.1, 0.15) is 52.9 Å². The van der Waals surface area contributed by atoms with Crippen LogP contribution in [0, 0.1) is 11.3 Å². The van der Waals surface area contributed by atoms with Crippen LogP contribution >= 0.6 is 0 Å². The first-order valence-corrected chi connectivity index (χ1v) is 7.38. The van der Waals surface area contributed by atoms with Crippen LogP contribution in [-0.4, -0.2) is 42.3 Å². The van der Waals surface area contributed by atoms with Crippen molar-refractivity contribution in [2.75, 3.05) is 13.6 Å². The van der Waals surface area contributed by atoms with E-state index in [2.05, 4.69) is 23.3 Å². The Morgan fingerprint density at radius 1 is 1.35 bits per heavy atom. The average molecular weight is 281 g/mol. The Bertz CT molecular complexity index is 349. The third kappa shape index (κ3) is 6.25. The van der Waals surface area contributed by atoms with Gasteiger partial charge in [-0.1, -0.05) is 0 Å². The Balaban J connectivity index is 2.28. The summed E-state index contributed by atoms with van der Waals surface area (Å²) in [7, 11) is 2.07. The fourth-order valence-corrected chi connectivity index (χ4v) is 2.54. The highest BCUT2D eigenvalue weighted by Gasteiger charge is 2.26. The molecule has 1 amide bonds. The summed E-state index contributed by atoms with van der Waals surface area (Å²) in [5, 5.41) is 11.6. The van der Waals surface area contributed by atoms with Crippen LogP contribution in [0.25, 0.3) is 0 Å². The summed E-state index contributed by atoms with van der Waals surface area (Å²) in [5.41, 5.74) is -0.446. The van der Waals surface area contributed by atoms with Crippen LogP contribution in [0.3, 0.4) is 0 Å². The molecule has 0 heterocycles. The third-order valence-electron chi connectivity index (χ3n) is 3.62. The van der Waals surface area contributed by atoms with E-state index in [9.17, 15) is 4.79 Å². The van der Waals surface area contributed by atoms with E-state index < -0.39 is 5.60 Å². The summed E-state index contributed by atoms with van der Waals surface area (Å²) >= 11 is 0. The molecule has 1 N–H and O–H groups in total. The lowest BCUT2D eigenvalue weighted by Gasteiger charge is -2.34. The summed E-state index contributed by atoms with van der Waals surface area (Å²) < 4.78 is 5.27. The van der Waals surface area contributed by atoms with E-state index in [1.54, 1.807) is 0 Å². The van der Waals surface area contributed by atoms with Gasteiger partial charge >= 0.3 is 6.09 Å². The van der Waals surface area contributed by atoms with Gasteiger partial charge in [0.05, 0.1) is 6.07 Å². The molecule has 0 spiro atoms. The number of carbonyl (C=O) groups excluding carboxylic acids is 1. The Kier molecular flexibility index (Phi) is 6.28. The van der Waals surface area contributed by atoms with E-state index in [0.717, 1.165) is 32.2 Å². The molecule has 1 aliphatic rings. The van der Waals surface area contributed by atoms with Gasteiger partial charge in [0.2, 0.25) is 0 Å². The Hall–Kier alpha value is -1.28. The zero-order valence-corrected chi connectivity index (χ0v) is 13.1. The van der Waals surface area contributed by atoms with Gasteiger partial charge in [-0.3, -0.25) is 0 Å². The highest BCUT2D eigenvalue weighted by molar-refractivity contribution is 5.68. The van der Waals surface area contributed by atoms with Crippen LogP contribution in [0.5, 0.6) is 0 Å². The molecule has 20 heavy (non-hydrogen) atoms. The molecule has 1 rings (SSSR count). The Morgan fingerprint density at radius 3 is 2.45 bits per heavy atom. The van der Waals surface area contributed by atoms with Crippen LogP contribution < -0.4 is 5.32 Å². The molecule has 1 fully saturated rings. The van der Waals surface area contributed by atoms with Gasteiger partial charge in [-0.25, -0.2) is 4.79 Å². The molecule has 1 saturated carbocycles. The lowest BCUT2D eigenvalue weighted by atomic mass is 9.90. The maximum atomic E-state index is 11.7. The lowest BCUT2D eigenvalue weighted by molar-refractivity contribution is 0.0481. The van der Waals surface area contributed by atoms with Crippen molar-refractivity contribution in [1.82, 2.24) is 10.2 Å². The average Bonchev–Trinajstić information content (AvgIpc) is 2.34. The fraction of sp³-hybridized carbons (Fsp3) is 0.867. The topological polar surface area (TPSA) is 65.4 Å². The van der Waals surface area contributed by atoms with Gasteiger partial charge in [0.1, 0.15) is 5.60 Å². The highest BCUT2D eigenvalue weighted by Crippen LogP contribution is 2.22. The minimum absolute atomic E-state index is 0.213. The third-order valence-corrected chi connectivity index (χ3v) is 3.62. The van der Waals surface area contributed by atoms with E-state index >= 15 is 0 Å². The number of carbonyl (C=O) groups is 1. The van der Waals surface area contributed by atoms with Crippen molar-refractivity contribution in [3.05, 3.63) is 0 Å². The second-order valence-electron chi connectivity index (χ2n) is 6.54. The molecule has 1 aliphatic carbocycles. The SMILES string of the molecule is CN(CCC#N)C1CCC(NC(=O)OC(C)(C)C)CC1. The maximum absolute atomic E-state index is 11.7. The molecule has 0 aliphatic heterocycles. The van der Waals surface area contributed by atoms with Gasteiger partial charge in [-0.05, 0) is 53.5 Å². The maximum Gasteiger partial charge on any atom is 0.407 e. The number of nitrogens with zero attached hydrogens (tertiary/aromatic N) is 2. The second-order valence-corrected chi connectivity index (χ2v) is 6.54. The Morgan fingerprint density at radius 2 is 1.95 bits per heavy atom. The molecule has 5 nitrogen and oxygen atoms in total. The lowest BCUT2D eigenvalue weighted by Crippen LogP contribution is -2.44. The zero-order valence-electron chi connectivity index (χ0n) is 13.1. The van der Waals surface area contributed by atoms with Crippen molar-refractivity contribution >= 4 is 6.09 Å². The van der Waals surface area contributed by atoms with Crippen molar-refractivity contribution in [2.45, 2.75) is 70.6 Å². The van der Waals surface area contributed by atoms with Crippen LogP contribution in [0.15, 0.2) is 0 Å². The minimum atomic E-state index is -0.446. The van der Waals surface area contributed by atoms with E-state index in [0.29, 0.717) is 12.5 Å². The minimum Gasteiger partial charge on any atom is -0.444 e. The van der Waals surface area contributed by atoms with Crippen molar-refractivity contribution < 1.29 is 9.53 Å². The van der Waals surface area contributed by atoms with Crippen molar-refractivity contribution in [1.29, 1.82) is 5.26 Å². The standard InChI is InChI=1S/C15H27N3O2/c1-15(2,3)20-14(19)17-12-6-8-13(9-7-12)18(4)11-5-10-16/h12-13H,5-9,11H2,1-4H3,(H,17,19). The second kappa shape index (κ2) is 7.49. The summed E-state index contributed by atoms with van der Waals surface area (Å²) in [5.74, 6) is 0. The van der Waals surface area contributed by atoms with Gasteiger partial charge in [-0.15, -0.1) is 0 Å². The number of ether oxygens (including phenoxy) is 1. The molecule has 0 atom stereocenters. The molecule has 0 radical (unpaired) electrons. The molecule has 0 aromatic rings. The van der Waals surface area contributed by atoms with Crippen LogP contribution in [0.2, 0.25) is 0 Å².